The van der Waals surface area contributed by atoms with E-state index in [1.54, 1.807) is 0 Å². The van der Waals surface area contributed by atoms with Crippen LogP contribution in [-0.4, -0.2) is 22.9 Å². The summed E-state index contributed by atoms with van der Waals surface area (Å²) in [7, 11) is 0. The summed E-state index contributed by atoms with van der Waals surface area (Å²) in [4.78, 5) is 4.13. The van der Waals surface area contributed by atoms with Crippen LogP contribution < -0.4 is 5.73 Å². The normalized spacial score (nSPS) is 21.6. The van der Waals surface area contributed by atoms with Crippen LogP contribution in [0.15, 0.2) is 4.52 Å². The predicted molar refractivity (Wildman–Crippen MR) is 49.5 cm³/mol. The molecule has 0 aromatic carbocycles. The van der Waals surface area contributed by atoms with Crippen molar-refractivity contribution in [1.29, 1.82) is 0 Å². The highest BCUT2D eigenvalue weighted by molar-refractivity contribution is 4.86. The van der Waals surface area contributed by atoms with Gasteiger partial charge in [-0.25, -0.2) is 0 Å². The lowest BCUT2D eigenvalue weighted by Gasteiger charge is -2.05. The molecule has 0 aliphatic carbocycles. The molecule has 0 saturated carbocycles. The molecule has 2 heterocycles. The number of hydrogen-bond donors (Lipinski definition) is 1. The second-order valence-electron chi connectivity index (χ2n) is 3.48. The maximum Gasteiger partial charge on any atom is 0.226 e. The minimum atomic E-state index is 0.337. The van der Waals surface area contributed by atoms with Crippen molar-refractivity contribution >= 4 is 0 Å². The molecule has 0 bridgehead atoms. The summed E-state index contributed by atoms with van der Waals surface area (Å²) in [6.07, 6.45) is 4.45. The Morgan fingerprint density at radius 2 is 2.43 bits per heavy atom. The summed E-state index contributed by atoms with van der Waals surface area (Å²) in [6, 6.07) is 0. The quantitative estimate of drug-likeness (QED) is 0.766. The first-order chi connectivity index (χ1) is 6.88. The monoisotopic (exact) mass is 197 g/mol. The molecule has 2 rings (SSSR count). The Labute approximate surface area is 82.6 Å². The van der Waals surface area contributed by atoms with Gasteiger partial charge >= 0.3 is 0 Å². The summed E-state index contributed by atoms with van der Waals surface area (Å²) in [6.45, 7) is 1.23. The molecule has 1 aromatic rings. The van der Waals surface area contributed by atoms with Gasteiger partial charge in [0.15, 0.2) is 5.82 Å². The standard InChI is InChI=1S/C9H15N3O2/c10-6-8-11-9(14-12-8)4-3-7-2-1-5-13-7/h7H,1-6,10H2. The van der Waals surface area contributed by atoms with Crippen molar-refractivity contribution in [1.82, 2.24) is 10.1 Å². The van der Waals surface area contributed by atoms with E-state index in [0.717, 1.165) is 25.9 Å². The first-order valence-electron chi connectivity index (χ1n) is 5.01. The molecule has 5 heteroatoms. The largest absolute Gasteiger partial charge is 0.378 e. The fraction of sp³-hybridized carbons (Fsp3) is 0.778. The molecule has 5 nitrogen and oxygen atoms in total. The van der Waals surface area contributed by atoms with E-state index in [9.17, 15) is 0 Å². The third kappa shape index (κ3) is 2.30. The Bertz CT molecular complexity index is 281. The highest BCUT2D eigenvalue weighted by Gasteiger charge is 2.16. The van der Waals surface area contributed by atoms with Gasteiger partial charge in [0.25, 0.3) is 0 Å². The third-order valence-corrected chi connectivity index (χ3v) is 2.40. The minimum Gasteiger partial charge on any atom is -0.378 e. The molecule has 1 aromatic heterocycles. The second kappa shape index (κ2) is 4.52. The van der Waals surface area contributed by atoms with E-state index in [-0.39, 0.29) is 0 Å². The van der Waals surface area contributed by atoms with E-state index in [1.807, 2.05) is 0 Å². The van der Waals surface area contributed by atoms with Gasteiger partial charge in [0.1, 0.15) is 0 Å². The fourth-order valence-corrected chi connectivity index (χ4v) is 1.63. The van der Waals surface area contributed by atoms with E-state index < -0.39 is 0 Å². The molecule has 0 spiro atoms. The number of hydrogen-bond acceptors (Lipinski definition) is 5. The highest BCUT2D eigenvalue weighted by Crippen LogP contribution is 2.17. The number of aromatic nitrogens is 2. The van der Waals surface area contributed by atoms with Crippen LogP contribution in [0, 0.1) is 0 Å². The van der Waals surface area contributed by atoms with Crippen molar-refractivity contribution < 1.29 is 9.26 Å². The molecule has 1 unspecified atom stereocenters. The van der Waals surface area contributed by atoms with E-state index in [4.69, 9.17) is 15.0 Å². The summed E-state index contributed by atoms with van der Waals surface area (Å²) < 4.78 is 10.5. The lowest BCUT2D eigenvalue weighted by molar-refractivity contribution is 0.102. The third-order valence-electron chi connectivity index (χ3n) is 2.40. The van der Waals surface area contributed by atoms with Crippen LogP contribution in [0.25, 0.3) is 0 Å². The molecule has 14 heavy (non-hydrogen) atoms. The molecule has 2 N–H and O–H groups in total. The molecule has 0 amide bonds. The second-order valence-corrected chi connectivity index (χ2v) is 3.48. The molecule has 78 valence electrons. The van der Waals surface area contributed by atoms with Crippen molar-refractivity contribution in [3.05, 3.63) is 11.7 Å². The van der Waals surface area contributed by atoms with Gasteiger partial charge < -0.3 is 15.0 Å². The van der Waals surface area contributed by atoms with E-state index in [2.05, 4.69) is 10.1 Å². The lowest BCUT2D eigenvalue weighted by atomic mass is 10.1. The summed E-state index contributed by atoms with van der Waals surface area (Å²) >= 11 is 0. The maximum absolute atomic E-state index is 5.49. The average molecular weight is 197 g/mol. The van der Waals surface area contributed by atoms with Gasteiger partial charge in [-0.15, -0.1) is 0 Å². The van der Waals surface area contributed by atoms with Gasteiger partial charge in [0.05, 0.1) is 12.6 Å². The highest BCUT2D eigenvalue weighted by atomic mass is 16.5. The first kappa shape index (κ1) is 9.61. The SMILES string of the molecule is NCc1noc(CCC2CCCO2)n1. The zero-order valence-corrected chi connectivity index (χ0v) is 8.11. The van der Waals surface area contributed by atoms with Crippen molar-refractivity contribution in [2.24, 2.45) is 5.73 Å². The summed E-state index contributed by atoms with van der Waals surface area (Å²) in [5.74, 6) is 1.24. The van der Waals surface area contributed by atoms with Crippen molar-refractivity contribution in [3.63, 3.8) is 0 Å². The van der Waals surface area contributed by atoms with Crippen LogP contribution in [-0.2, 0) is 17.7 Å². The minimum absolute atomic E-state index is 0.337. The number of nitrogens with zero attached hydrogens (tertiary/aromatic N) is 2. The van der Waals surface area contributed by atoms with Crippen LogP contribution in [0.5, 0.6) is 0 Å². The van der Waals surface area contributed by atoms with Crippen LogP contribution in [0.2, 0.25) is 0 Å². The molecule has 1 aliphatic rings. The Kier molecular flexibility index (Phi) is 3.10. The Hall–Kier alpha value is -0.940. The van der Waals surface area contributed by atoms with Crippen LogP contribution in [0.4, 0.5) is 0 Å². The Morgan fingerprint density at radius 1 is 1.50 bits per heavy atom. The average Bonchev–Trinajstić information content (AvgIpc) is 2.86. The molecule has 1 saturated heterocycles. The van der Waals surface area contributed by atoms with Crippen molar-refractivity contribution in [2.45, 2.75) is 38.3 Å². The molecular weight excluding hydrogens is 182 g/mol. The fourth-order valence-electron chi connectivity index (χ4n) is 1.63. The lowest BCUT2D eigenvalue weighted by Crippen LogP contribution is -2.06. The van der Waals surface area contributed by atoms with Gasteiger partial charge in [0.2, 0.25) is 5.89 Å². The van der Waals surface area contributed by atoms with Crippen molar-refractivity contribution in [2.75, 3.05) is 6.61 Å². The molecule has 1 aliphatic heterocycles. The van der Waals surface area contributed by atoms with Gasteiger partial charge in [0, 0.05) is 13.0 Å². The topological polar surface area (TPSA) is 74.2 Å². The van der Waals surface area contributed by atoms with Crippen LogP contribution >= 0.6 is 0 Å². The van der Waals surface area contributed by atoms with E-state index in [0.29, 0.717) is 24.4 Å². The Balaban J connectivity index is 1.79. The summed E-state index contributed by atoms with van der Waals surface area (Å²) in [5.41, 5.74) is 5.37. The van der Waals surface area contributed by atoms with Gasteiger partial charge in [-0.3, -0.25) is 0 Å². The maximum atomic E-state index is 5.49. The molecular formula is C9H15N3O2. The summed E-state index contributed by atoms with van der Waals surface area (Å²) in [5, 5.41) is 3.73. The zero-order valence-electron chi connectivity index (χ0n) is 8.11. The molecule has 0 radical (unpaired) electrons. The molecule has 1 atom stereocenters. The van der Waals surface area contributed by atoms with Gasteiger partial charge in [-0.05, 0) is 19.3 Å². The van der Waals surface area contributed by atoms with Crippen LogP contribution in [0.3, 0.4) is 0 Å². The first-order valence-corrected chi connectivity index (χ1v) is 5.01. The Morgan fingerprint density at radius 3 is 3.07 bits per heavy atom. The van der Waals surface area contributed by atoms with Crippen molar-refractivity contribution in [3.8, 4) is 0 Å². The zero-order chi connectivity index (χ0) is 9.80. The van der Waals surface area contributed by atoms with Gasteiger partial charge in [-0.1, -0.05) is 5.16 Å². The number of nitrogens with two attached hydrogens (primary N) is 1. The predicted octanol–water partition coefficient (Wildman–Crippen LogP) is 0.640. The van der Waals surface area contributed by atoms with Crippen LogP contribution in [0.1, 0.15) is 31.0 Å². The van der Waals surface area contributed by atoms with Gasteiger partial charge in [-0.2, -0.15) is 4.98 Å². The van der Waals surface area contributed by atoms with E-state index >= 15 is 0 Å². The molecule has 1 fully saturated rings. The number of rotatable bonds is 4. The smallest absolute Gasteiger partial charge is 0.226 e. The number of ether oxygens (including phenoxy) is 1. The van der Waals surface area contributed by atoms with E-state index in [1.165, 1.54) is 6.42 Å². The number of aryl methyl sites for hydroxylation is 1.